The van der Waals surface area contributed by atoms with Crippen molar-refractivity contribution in [1.29, 1.82) is 0 Å². The van der Waals surface area contributed by atoms with Gasteiger partial charge in [-0.05, 0) is 55.8 Å². The molecule has 0 unspecified atom stereocenters. The highest BCUT2D eigenvalue weighted by Gasteiger charge is 2.22. The fourth-order valence-electron chi connectivity index (χ4n) is 1.82. The van der Waals surface area contributed by atoms with Gasteiger partial charge in [-0.1, -0.05) is 0 Å². The van der Waals surface area contributed by atoms with Crippen molar-refractivity contribution in [3.63, 3.8) is 0 Å². The molecule has 23 heavy (non-hydrogen) atoms. The van der Waals surface area contributed by atoms with Crippen LogP contribution in [0.4, 0.5) is 0 Å². The third kappa shape index (κ3) is 5.42. The van der Waals surface area contributed by atoms with Crippen LogP contribution in [0.1, 0.15) is 38.1 Å². The smallest absolute Gasteiger partial charge is 0.252 e. The topological polar surface area (TPSA) is 76.7 Å². The van der Waals surface area contributed by atoms with Gasteiger partial charge < -0.3 is 20.1 Å². The van der Waals surface area contributed by atoms with Gasteiger partial charge in [-0.2, -0.15) is 0 Å². The summed E-state index contributed by atoms with van der Waals surface area (Å²) in [6.07, 6.45) is 0. The number of methoxy groups -OCH3 is 2. The first kappa shape index (κ1) is 19.3. The van der Waals surface area contributed by atoms with Crippen molar-refractivity contribution in [2.45, 2.75) is 39.3 Å². The lowest BCUT2D eigenvalue weighted by Gasteiger charge is -2.23. The van der Waals surface area contributed by atoms with Crippen molar-refractivity contribution < 1.29 is 19.1 Å². The fraction of sp³-hybridized carbons (Fsp3) is 0.500. The lowest BCUT2D eigenvalue weighted by atomic mass is 10.1. The van der Waals surface area contributed by atoms with Crippen LogP contribution in [0.15, 0.2) is 16.6 Å². The van der Waals surface area contributed by atoms with E-state index in [9.17, 15) is 9.59 Å². The van der Waals surface area contributed by atoms with E-state index in [0.717, 1.165) is 0 Å². The number of hydrogen-bond donors (Lipinski definition) is 2. The first-order valence-corrected chi connectivity index (χ1v) is 7.92. The molecule has 0 saturated carbocycles. The van der Waals surface area contributed by atoms with E-state index in [4.69, 9.17) is 9.47 Å². The van der Waals surface area contributed by atoms with Gasteiger partial charge in [0.2, 0.25) is 5.91 Å². The number of rotatable bonds is 5. The number of hydrogen-bond acceptors (Lipinski definition) is 4. The van der Waals surface area contributed by atoms with Crippen LogP contribution in [-0.2, 0) is 4.79 Å². The Bertz CT molecular complexity index is 571. The maximum atomic E-state index is 12.4. The molecule has 7 heteroatoms. The molecule has 1 atom stereocenters. The minimum atomic E-state index is -0.664. The lowest BCUT2D eigenvalue weighted by molar-refractivity contribution is -0.124. The first-order chi connectivity index (χ1) is 10.6. The van der Waals surface area contributed by atoms with E-state index < -0.39 is 6.04 Å². The number of benzene rings is 1. The van der Waals surface area contributed by atoms with Crippen molar-refractivity contribution in [3.8, 4) is 11.5 Å². The van der Waals surface area contributed by atoms with Crippen LogP contribution < -0.4 is 20.1 Å². The van der Waals surface area contributed by atoms with Gasteiger partial charge in [-0.3, -0.25) is 9.59 Å². The number of carbonyl (C=O) groups is 2. The molecule has 2 N–H and O–H groups in total. The standard InChI is InChI=1S/C16H23BrN2O4/c1-9(14(20)19-16(2,3)4)18-15(21)10-7-11(22-5)13(17)12(8-10)23-6/h7-9H,1-6H3,(H,18,21)(H,19,20)/t9-/m0/s1. The minimum absolute atomic E-state index is 0.248. The number of halogens is 1. The Hall–Kier alpha value is -1.76. The molecule has 0 aliphatic carbocycles. The zero-order valence-electron chi connectivity index (χ0n) is 14.2. The SMILES string of the molecule is COc1cc(C(=O)N[C@@H](C)C(=O)NC(C)(C)C)cc(OC)c1Br. The fourth-order valence-corrected chi connectivity index (χ4v) is 2.38. The second-order valence-electron chi connectivity index (χ2n) is 6.13. The summed E-state index contributed by atoms with van der Waals surface area (Å²) in [5.41, 5.74) is -0.0163. The largest absolute Gasteiger partial charge is 0.495 e. The molecule has 1 aromatic carbocycles. The summed E-state index contributed by atoms with van der Waals surface area (Å²) in [6, 6.07) is 2.49. The highest BCUT2D eigenvalue weighted by molar-refractivity contribution is 9.10. The summed E-state index contributed by atoms with van der Waals surface area (Å²) in [5.74, 6) is 0.315. The molecule has 0 heterocycles. The van der Waals surface area contributed by atoms with Gasteiger partial charge in [0.1, 0.15) is 22.0 Å². The van der Waals surface area contributed by atoms with Crippen LogP contribution in [0, 0.1) is 0 Å². The van der Waals surface area contributed by atoms with Gasteiger partial charge in [0.25, 0.3) is 5.91 Å². The van der Waals surface area contributed by atoms with Gasteiger partial charge in [-0.25, -0.2) is 0 Å². The van der Waals surface area contributed by atoms with E-state index in [1.807, 2.05) is 20.8 Å². The predicted molar refractivity (Wildman–Crippen MR) is 92.1 cm³/mol. The van der Waals surface area contributed by atoms with Crippen LogP contribution in [0.3, 0.4) is 0 Å². The lowest BCUT2D eigenvalue weighted by Crippen LogP contribution is -2.50. The Balaban J connectivity index is 2.92. The van der Waals surface area contributed by atoms with E-state index in [1.165, 1.54) is 14.2 Å². The van der Waals surface area contributed by atoms with Crippen LogP contribution in [-0.4, -0.2) is 37.6 Å². The summed E-state index contributed by atoms with van der Waals surface area (Å²) < 4.78 is 11.0. The number of carbonyl (C=O) groups excluding carboxylic acids is 2. The molecular weight excluding hydrogens is 364 g/mol. The Morgan fingerprint density at radius 1 is 1.13 bits per heavy atom. The highest BCUT2D eigenvalue weighted by atomic mass is 79.9. The molecule has 0 aromatic heterocycles. The van der Waals surface area contributed by atoms with Gasteiger partial charge >= 0.3 is 0 Å². The predicted octanol–water partition coefficient (Wildman–Crippen LogP) is 2.50. The van der Waals surface area contributed by atoms with Gasteiger partial charge in [0, 0.05) is 11.1 Å². The van der Waals surface area contributed by atoms with Crippen molar-refractivity contribution >= 4 is 27.7 Å². The van der Waals surface area contributed by atoms with E-state index in [1.54, 1.807) is 19.1 Å². The Morgan fingerprint density at radius 3 is 2.00 bits per heavy atom. The second kappa shape index (κ2) is 7.68. The number of amides is 2. The van der Waals surface area contributed by atoms with Crippen LogP contribution in [0.2, 0.25) is 0 Å². The van der Waals surface area contributed by atoms with Crippen molar-refractivity contribution in [2.24, 2.45) is 0 Å². The Kier molecular flexibility index (Phi) is 6.44. The summed E-state index contributed by atoms with van der Waals surface area (Å²) in [4.78, 5) is 24.4. The van der Waals surface area contributed by atoms with Crippen molar-refractivity contribution in [3.05, 3.63) is 22.2 Å². The van der Waals surface area contributed by atoms with Gasteiger partial charge in [-0.15, -0.1) is 0 Å². The van der Waals surface area contributed by atoms with E-state index >= 15 is 0 Å². The average molecular weight is 387 g/mol. The third-order valence-corrected chi connectivity index (χ3v) is 3.73. The molecule has 1 aromatic rings. The summed E-state index contributed by atoms with van der Waals surface area (Å²) >= 11 is 3.35. The maximum Gasteiger partial charge on any atom is 0.252 e. The zero-order chi connectivity index (χ0) is 17.8. The zero-order valence-corrected chi connectivity index (χ0v) is 15.8. The Labute approximate surface area is 145 Å². The van der Waals surface area contributed by atoms with E-state index in [0.29, 0.717) is 21.5 Å². The first-order valence-electron chi connectivity index (χ1n) is 7.13. The van der Waals surface area contributed by atoms with E-state index in [2.05, 4.69) is 26.6 Å². The van der Waals surface area contributed by atoms with Crippen LogP contribution in [0.5, 0.6) is 11.5 Å². The molecule has 0 fully saturated rings. The highest BCUT2D eigenvalue weighted by Crippen LogP contribution is 2.35. The number of nitrogens with one attached hydrogen (secondary N) is 2. The third-order valence-electron chi connectivity index (χ3n) is 2.95. The molecule has 0 saturated heterocycles. The molecular formula is C16H23BrN2O4. The minimum Gasteiger partial charge on any atom is -0.495 e. The molecule has 2 amide bonds. The summed E-state index contributed by atoms with van der Waals surface area (Å²) in [6.45, 7) is 7.27. The van der Waals surface area contributed by atoms with Crippen molar-refractivity contribution in [1.82, 2.24) is 10.6 Å². The maximum absolute atomic E-state index is 12.4. The second-order valence-corrected chi connectivity index (χ2v) is 6.92. The summed E-state index contributed by atoms with van der Waals surface area (Å²) in [7, 11) is 3.00. The van der Waals surface area contributed by atoms with E-state index in [-0.39, 0.29) is 17.4 Å². The molecule has 128 valence electrons. The molecule has 0 spiro atoms. The monoisotopic (exact) mass is 386 g/mol. The Morgan fingerprint density at radius 2 is 1.61 bits per heavy atom. The van der Waals surface area contributed by atoms with Gasteiger partial charge in [0.15, 0.2) is 0 Å². The molecule has 0 aliphatic heterocycles. The molecule has 0 aliphatic rings. The number of ether oxygens (including phenoxy) is 2. The average Bonchev–Trinajstić information content (AvgIpc) is 2.45. The summed E-state index contributed by atoms with van der Waals surface area (Å²) in [5, 5.41) is 5.48. The quantitative estimate of drug-likeness (QED) is 0.814. The normalized spacial score (nSPS) is 12.3. The molecule has 6 nitrogen and oxygen atoms in total. The molecule has 0 radical (unpaired) electrons. The molecule has 0 bridgehead atoms. The van der Waals surface area contributed by atoms with Crippen LogP contribution >= 0.6 is 15.9 Å². The van der Waals surface area contributed by atoms with Gasteiger partial charge in [0.05, 0.1) is 14.2 Å². The van der Waals surface area contributed by atoms with Crippen LogP contribution in [0.25, 0.3) is 0 Å². The van der Waals surface area contributed by atoms with Crippen molar-refractivity contribution in [2.75, 3.05) is 14.2 Å². The molecule has 1 rings (SSSR count).